The van der Waals surface area contributed by atoms with Gasteiger partial charge in [0.1, 0.15) is 11.5 Å². The molecular formula is C27H20Cl2N2O4. The van der Waals surface area contributed by atoms with Gasteiger partial charge in [0.15, 0.2) is 6.61 Å². The molecule has 0 heterocycles. The molecule has 6 nitrogen and oxygen atoms in total. The zero-order valence-corrected chi connectivity index (χ0v) is 20.1. The van der Waals surface area contributed by atoms with Crippen LogP contribution in [-0.2, 0) is 4.79 Å². The number of halogens is 2. The maximum atomic E-state index is 12.8. The molecule has 0 atom stereocenters. The molecular weight excluding hydrogens is 487 g/mol. The molecule has 0 saturated heterocycles. The molecule has 0 spiro atoms. The van der Waals surface area contributed by atoms with Gasteiger partial charge < -0.3 is 9.47 Å². The van der Waals surface area contributed by atoms with E-state index < -0.39 is 11.9 Å². The first-order valence-electron chi connectivity index (χ1n) is 10.6. The van der Waals surface area contributed by atoms with E-state index in [0.717, 1.165) is 16.3 Å². The van der Waals surface area contributed by atoms with E-state index in [4.69, 9.17) is 32.7 Å². The van der Waals surface area contributed by atoms with Crippen molar-refractivity contribution < 1.29 is 19.1 Å². The molecule has 0 aliphatic rings. The molecule has 4 aromatic rings. The number of ether oxygens (including phenoxy) is 2. The Labute approximate surface area is 212 Å². The molecule has 0 saturated carbocycles. The highest BCUT2D eigenvalue weighted by atomic mass is 35.5. The minimum absolute atomic E-state index is 0.175. The highest BCUT2D eigenvalue weighted by Crippen LogP contribution is 2.29. The third-order valence-corrected chi connectivity index (χ3v) is 5.57. The Kier molecular flexibility index (Phi) is 7.65. The third kappa shape index (κ3) is 6.18. The van der Waals surface area contributed by atoms with Gasteiger partial charge in [0.05, 0.1) is 16.8 Å². The molecule has 0 unspecified atom stereocenters. The van der Waals surface area contributed by atoms with Crippen LogP contribution >= 0.6 is 23.2 Å². The van der Waals surface area contributed by atoms with Crippen LogP contribution in [0.4, 0.5) is 0 Å². The smallest absolute Gasteiger partial charge is 0.345 e. The minimum Gasteiger partial charge on any atom is -0.484 e. The number of hydrazone groups is 1. The van der Waals surface area contributed by atoms with Gasteiger partial charge in [-0.3, -0.25) is 4.79 Å². The molecule has 176 valence electrons. The number of fused-ring (bicyclic) bond motifs is 1. The molecule has 4 rings (SSSR count). The van der Waals surface area contributed by atoms with E-state index in [-0.39, 0.29) is 22.9 Å². The van der Waals surface area contributed by atoms with Crippen LogP contribution in [0, 0.1) is 6.92 Å². The first-order valence-corrected chi connectivity index (χ1v) is 11.4. The lowest BCUT2D eigenvalue weighted by Gasteiger charge is -2.11. The summed E-state index contributed by atoms with van der Waals surface area (Å²) < 4.78 is 11.1. The van der Waals surface area contributed by atoms with Crippen LogP contribution in [0.5, 0.6) is 11.5 Å². The molecule has 0 aromatic heterocycles. The first kappa shape index (κ1) is 24.3. The molecule has 0 radical (unpaired) electrons. The Morgan fingerprint density at radius 1 is 0.971 bits per heavy atom. The lowest BCUT2D eigenvalue weighted by molar-refractivity contribution is -0.123. The van der Waals surface area contributed by atoms with E-state index in [9.17, 15) is 9.59 Å². The van der Waals surface area contributed by atoms with Gasteiger partial charge in [-0.1, -0.05) is 65.7 Å². The summed E-state index contributed by atoms with van der Waals surface area (Å²) in [4.78, 5) is 25.0. The first-order chi connectivity index (χ1) is 16.9. The Morgan fingerprint density at radius 3 is 2.60 bits per heavy atom. The van der Waals surface area contributed by atoms with Crippen molar-refractivity contribution in [1.82, 2.24) is 5.43 Å². The van der Waals surface area contributed by atoms with E-state index >= 15 is 0 Å². The third-order valence-electron chi connectivity index (χ3n) is 5.03. The summed E-state index contributed by atoms with van der Waals surface area (Å²) in [7, 11) is 0. The largest absolute Gasteiger partial charge is 0.484 e. The van der Waals surface area contributed by atoms with Crippen molar-refractivity contribution in [2.45, 2.75) is 6.92 Å². The number of esters is 1. The van der Waals surface area contributed by atoms with Crippen LogP contribution in [0.25, 0.3) is 10.8 Å². The predicted octanol–water partition coefficient (Wildman–Crippen LogP) is 6.20. The Hall–Kier alpha value is -3.87. The predicted molar refractivity (Wildman–Crippen MR) is 138 cm³/mol. The normalized spacial score (nSPS) is 10.9. The Bertz CT molecular complexity index is 1440. The molecule has 0 aliphatic heterocycles. The van der Waals surface area contributed by atoms with Crippen LogP contribution in [0.1, 0.15) is 21.5 Å². The SMILES string of the molecule is Cc1cccc(OCC(=O)N/N=C/c2c(OC(=O)c3ccc(Cl)cc3Cl)ccc3ccccc23)c1. The highest BCUT2D eigenvalue weighted by molar-refractivity contribution is 6.36. The van der Waals surface area contributed by atoms with E-state index in [0.29, 0.717) is 16.3 Å². The second-order valence-electron chi connectivity index (χ2n) is 7.61. The molecule has 4 aromatic carbocycles. The minimum atomic E-state index is -0.646. The van der Waals surface area contributed by atoms with Gasteiger partial charge in [0, 0.05) is 10.6 Å². The number of rotatable bonds is 7. The molecule has 1 amide bonds. The number of hydrogen-bond donors (Lipinski definition) is 1. The molecule has 35 heavy (non-hydrogen) atoms. The van der Waals surface area contributed by atoms with Gasteiger partial charge in [-0.05, 0) is 59.7 Å². The van der Waals surface area contributed by atoms with Crippen LogP contribution in [-0.4, -0.2) is 24.7 Å². The number of carbonyl (C=O) groups excluding carboxylic acids is 2. The van der Waals surface area contributed by atoms with E-state index in [1.54, 1.807) is 18.2 Å². The summed E-state index contributed by atoms with van der Waals surface area (Å²) in [5, 5.41) is 6.34. The zero-order chi connectivity index (χ0) is 24.8. The quantitative estimate of drug-likeness (QED) is 0.140. The lowest BCUT2D eigenvalue weighted by Crippen LogP contribution is -2.24. The standard InChI is InChI=1S/C27H20Cl2N2O4/c1-17-5-4-7-20(13-17)34-16-26(32)31-30-15-23-21-8-3-2-6-18(21)9-12-25(23)35-27(33)22-11-10-19(28)14-24(22)29/h2-15H,16H2,1H3,(H,31,32)/b30-15+. The van der Waals surface area contributed by atoms with Crippen molar-refractivity contribution in [3.8, 4) is 11.5 Å². The van der Waals surface area contributed by atoms with Crippen LogP contribution < -0.4 is 14.9 Å². The number of aryl methyl sites for hydroxylation is 1. The highest BCUT2D eigenvalue weighted by Gasteiger charge is 2.16. The van der Waals surface area contributed by atoms with Gasteiger partial charge >= 0.3 is 5.97 Å². The summed E-state index contributed by atoms with van der Waals surface area (Å²) in [6, 6.07) is 22.9. The van der Waals surface area contributed by atoms with E-state index in [1.165, 1.54) is 18.3 Å². The molecule has 1 N–H and O–H groups in total. The van der Waals surface area contributed by atoms with Crippen molar-refractivity contribution in [3.63, 3.8) is 0 Å². The fourth-order valence-electron chi connectivity index (χ4n) is 3.36. The average molecular weight is 507 g/mol. The van der Waals surface area contributed by atoms with Gasteiger partial charge in [-0.15, -0.1) is 0 Å². The molecule has 0 aliphatic carbocycles. The van der Waals surface area contributed by atoms with E-state index in [2.05, 4.69) is 10.5 Å². The van der Waals surface area contributed by atoms with Crippen molar-refractivity contribution in [1.29, 1.82) is 0 Å². The summed E-state index contributed by atoms with van der Waals surface area (Å²) in [5.41, 5.74) is 4.15. The van der Waals surface area contributed by atoms with Crippen LogP contribution in [0.3, 0.4) is 0 Å². The number of hydrogen-bond acceptors (Lipinski definition) is 5. The summed E-state index contributed by atoms with van der Waals surface area (Å²) in [5.74, 6) is -0.233. The summed E-state index contributed by atoms with van der Waals surface area (Å²) in [6.07, 6.45) is 1.43. The van der Waals surface area contributed by atoms with Gasteiger partial charge in [0.2, 0.25) is 0 Å². The number of carbonyl (C=O) groups is 2. The fourth-order valence-corrected chi connectivity index (χ4v) is 3.85. The Balaban J connectivity index is 1.52. The van der Waals surface area contributed by atoms with Crippen LogP contribution in [0.15, 0.2) is 84.0 Å². The van der Waals surface area contributed by atoms with Gasteiger partial charge in [0.25, 0.3) is 5.91 Å². The van der Waals surface area contributed by atoms with Crippen molar-refractivity contribution in [3.05, 3.63) is 106 Å². The number of nitrogens with one attached hydrogen (secondary N) is 1. The average Bonchev–Trinajstić information content (AvgIpc) is 2.84. The van der Waals surface area contributed by atoms with E-state index in [1.807, 2.05) is 55.5 Å². The van der Waals surface area contributed by atoms with Crippen LogP contribution in [0.2, 0.25) is 10.0 Å². The second kappa shape index (κ2) is 11.0. The molecule has 0 bridgehead atoms. The zero-order valence-electron chi connectivity index (χ0n) is 18.6. The molecule has 0 fully saturated rings. The number of benzene rings is 4. The lowest BCUT2D eigenvalue weighted by atomic mass is 10.0. The topological polar surface area (TPSA) is 77.0 Å². The molecule has 8 heteroatoms. The second-order valence-corrected chi connectivity index (χ2v) is 8.45. The monoisotopic (exact) mass is 506 g/mol. The van der Waals surface area contributed by atoms with Gasteiger partial charge in [-0.25, -0.2) is 10.2 Å². The van der Waals surface area contributed by atoms with Crippen molar-refractivity contribution >= 4 is 52.1 Å². The van der Waals surface area contributed by atoms with Crippen molar-refractivity contribution in [2.75, 3.05) is 6.61 Å². The van der Waals surface area contributed by atoms with Gasteiger partial charge in [-0.2, -0.15) is 5.10 Å². The fraction of sp³-hybridized carbons (Fsp3) is 0.0741. The summed E-state index contributed by atoms with van der Waals surface area (Å²) >= 11 is 12.1. The number of nitrogens with zero attached hydrogens (tertiary/aromatic N) is 1. The Morgan fingerprint density at radius 2 is 1.80 bits per heavy atom. The van der Waals surface area contributed by atoms with Crippen molar-refractivity contribution in [2.24, 2.45) is 5.10 Å². The number of amides is 1. The summed E-state index contributed by atoms with van der Waals surface area (Å²) in [6.45, 7) is 1.74. The maximum absolute atomic E-state index is 12.8. The maximum Gasteiger partial charge on any atom is 0.345 e.